The van der Waals surface area contributed by atoms with E-state index < -0.39 is 0 Å². The van der Waals surface area contributed by atoms with Gasteiger partial charge in [0, 0.05) is 6.04 Å². The Balaban J connectivity index is 0.00000200. The van der Waals surface area contributed by atoms with Crippen molar-refractivity contribution in [3.63, 3.8) is 0 Å². The Bertz CT molecular complexity index is 456. The van der Waals surface area contributed by atoms with E-state index in [0.717, 1.165) is 18.4 Å². The van der Waals surface area contributed by atoms with Gasteiger partial charge in [-0.15, -0.1) is 24.0 Å². The minimum atomic E-state index is -0.188. The largest absolute Gasteiger partial charge is 0.370 e. The molecule has 0 atom stereocenters. The number of aliphatic imine (C=N–C) groups is 1. The molecule has 1 saturated carbocycles. The van der Waals surface area contributed by atoms with Crippen molar-refractivity contribution < 1.29 is 4.39 Å². The third kappa shape index (κ3) is 5.26. The Kier molecular flexibility index (Phi) is 7.26. The third-order valence-corrected chi connectivity index (χ3v) is 3.63. The van der Waals surface area contributed by atoms with Crippen LogP contribution in [0.2, 0.25) is 0 Å². The molecule has 1 aliphatic carbocycles. The van der Waals surface area contributed by atoms with Gasteiger partial charge in [-0.3, -0.25) is 0 Å². The number of hydrogen-bond donors (Lipinski definition) is 2. The van der Waals surface area contributed by atoms with Crippen LogP contribution in [0.25, 0.3) is 0 Å². The molecule has 0 bridgehead atoms. The Morgan fingerprint density at radius 3 is 2.70 bits per heavy atom. The molecule has 5 heteroatoms. The molecule has 0 spiro atoms. The fourth-order valence-corrected chi connectivity index (χ4v) is 2.41. The van der Waals surface area contributed by atoms with Gasteiger partial charge in [0.05, 0.1) is 6.54 Å². The normalized spacial score (nSPS) is 16.6. The smallest absolute Gasteiger partial charge is 0.189 e. The zero-order chi connectivity index (χ0) is 13.7. The Labute approximate surface area is 137 Å². The number of rotatable bonds is 3. The summed E-state index contributed by atoms with van der Waals surface area (Å²) >= 11 is 0. The van der Waals surface area contributed by atoms with Crippen molar-refractivity contribution in [1.29, 1.82) is 0 Å². The minimum absolute atomic E-state index is 0. The van der Waals surface area contributed by atoms with E-state index in [9.17, 15) is 4.39 Å². The van der Waals surface area contributed by atoms with Crippen molar-refractivity contribution >= 4 is 29.9 Å². The lowest BCUT2D eigenvalue weighted by Gasteiger charge is -2.23. The number of nitrogens with two attached hydrogens (primary N) is 1. The maximum absolute atomic E-state index is 13.4. The predicted octanol–water partition coefficient (Wildman–Crippen LogP) is 3.49. The summed E-state index contributed by atoms with van der Waals surface area (Å²) in [5.74, 6) is 0.277. The molecule has 1 aromatic rings. The number of nitrogens with zero attached hydrogens (tertiary/aromatic N) is 1. The number of nitrogens with one attached hydrogen (secondary N) is 1. The van der Waals surface area contributed by atoms with Crippen LogP contribution >= 0.6 is 24.0 Å². The maximum atomic E-state index is 13.4. The fraction of sp³-hybridized carbons (Fsp3) is 0.533. The molecular weight excluding hydrogens is 368 g/mol. The summed E-state index contributed by atoms with van der Waals surface area (Å²) in [5.41, 5.74) is 7.36. The second-order valence-corrected chi connectivity index (χ2v) is 5.26. The standard InChI is InChI=1S/C15H22FN3.HI/c1-11-7-8-12(9-14(11)16)10-18-15(17)19-13-5-3-2-4-6-13;/h7-9,13H,2-6,10H2,1H3,(H3,17,18,19);1H. The van der Waals surface area contributed by atoms with E-state index in [1.54, 1.807) is 13.0 Å². The van der Waals surface area contributed by atoms with Crippen LogP contribution in [-0.4, -0.2) is 12.0 Å². The predicted molar refractivity (Wildman–Crippen MR) is 91.9 cm³/mol. The van der Waals surface area contributed by atoms with Crippen LogP contribution in [0.3, 0.4) is 0 Å². The Morgan fingerprint density at radius 1 is 1.35 bits per heavy atom. The van der Waals surface area contributed by atoms with Gasteiger partial charge in [-0.05, 0) is 37.0 Å². The van der Waals surface area contributed by atoms with E-state index in [1.165, 1.54) is 25.3 Å². The van der Waals surface area contributed by atoms with E-state index in [4.69, 9.17) is 5.73 Å². The van der Waals surface area contributed by atoms with Crippen molar-refractivity contribution in [3.8, 4) is 0 Å². The minimum Gasteiger partial charge on any atom is -0.370 e. The highest BCUT2D eigenvalue weighted by Crippen LogP contribution is 2.17. The van der Waals surface area contributed by atoms with Crippen molar-refractivity contribution in [2.75, 3.05) is 0 Å². The highest BCUT2D eigenvalue weighted by Gasteiger charge is 2.13. The summed E-state index contributed by atoms with van der Waals surface area (Å²) in [6.45, 7) is 2.17. The number of halogens is 2. The van der Waals surface area contributed by atoms with Gasteiger partial charge in [-0.1, -0.05) is 31.4 Å². The molecule has 112 valence electrons. The molecule has 3 N–H and O–H groups in total. The third-order valence-electron chi connectivity index (χ3n) is 3.63. The molecule has 0 unspecified atom stereocenters. The van der Waals surface area contributed by atoms with Gasteiger partial charge in [0.2, 0.25) is 0 Å². The summed E-state index contributed by atoms with van der Waals surface area (Å²) in [4.78, 5) is 4.28. The number of hydrogen-bond acceptors (Lipinski definition) is 1. The molecule has 2 rings (SSSR count). The summed E-state index contributed by atoms with van der Waals surface area (Å²) in [7, 11) is 0. The van der Waals surface area contributed by atoms with E-state index in [0.29, 0.717) is 24.1 Å². The summed E-state index contributed by atoms with van der Waals surface area (Å²) in [6.07, 6.45) is 6.16. The van der Waals surface area contributed by atoms with Crippen molar-refractivity contribution in [3.05, 3.63) is 35.1 Å². The van der Waals surface area contributed by atoms with Gasteiger partial charge in [0.25, 0.3) is 0 Å². The molecular formula is C15H23FIN3. The van der Waals surface area contributed by atoms with Crippen LogP contribution in [-0.2, 0) is 6.54 Å². The number of aryl methyl sites for hydroxylation is 1. The number of benzene rings is 1. The average Bonchev–Trinajstić information content (AvgIpc) is 2.41. The van der Waals surface area contributed by atoms with Crippen LogP contribution in [0, 0.1) is 12.7 Å². The van der Waals surface area contributed by atoms with Crippen molar-refractivity contribution in [2.45, 2.75) is 51.6 Å². The molecule has 1 fully saturated rings. The summed E-state index contributed by atoms with van der Waals surface area (Å²) < 4.78 is 13.4. The van der Waals surface area contributed by atoms with Gasteiger partial charge in [0.15, 0.2) is 5.96 Å². The van der Waals surface area contributed by atoms with Crippen LogP contribution < -0.4 is 11.1 Å². The molecule has 0 saturated heterocycles. The molecule has 0 heterocycles. The molecule has 3 nitrogen and oxygen atoms in total. The van der Waals surface area contributed by atoms with Crippen LogP contribution in [0.15, 0.2) is 23.2 Å². The monoisotopic (exact) mass is 391 g/mol. The van der Waals surface area contributed by atoms with E-state index in [-0.39, 0.29) is 29.8 Å². The zero-order valence-electron chi connectivity index (χ0n) is 11.9. The van der Waals surface area contributed by atoms with Gasteiger partial charge in [-0.25, -0.2) is 9.38 Å². The van der Waals surface area contributed by atoms with Gasteiger partial charge < -0.3 is 11.1 Å². The lowest BCUT2D eigenvalue weighted by molar-refractivity contribution is 0.412. The second-order valence-electron chi connectivity index (χ2n) is 5.26. The molecule has 1 aromatic carbocycles. The Morgan fingerprint density at radius 2 is 2.05 bits per heavy atom. The van der Waals surface area contributed by atoms with Gasteiger partial charge in [0.1, 0.15) is 5.82 Å². The molecule has 20 heavy (non-hydrogen) atoms. The fourth-order valence-electron chi connectivity index (χ4n) is 2.41. The lowest BCUT2D eigenvalue weighted by atomic mass is 9.96. The van der Waals surface area contributed by atoms with E-state index in [2.05, 4.69) is 10.3 Å². The van der Waals surface area contributed by atoms with Gasteiger partial charge >= 0.3 is 0 Å². The summed E-state index contributed by atoms with van der Waals surface area (Å²) in [5, 5.41) is 3.25. The van der Waals surface area contributed by atoms with Crippen molar-refractivity contribution in [1.82, 2.24) is 5.32 Å². The highest BCUT2D eigenvalue weighted by molar-refractivity contribution is 14.0. The molecule has 0 aromatic heterocycles. The first-order valence-corrected chi connectivity index (χ1v) is 6.96. The van der Waals surface area contributed by atoms with Gasteiger partial charge in [-0.2, -0.15) is 0 Å². The first-order valence-electron chi connectivity index (χ1n) is 6.96. The average molecular weight is 391 g/mol. The quantitative estimate of drug-likeness (QED) is 0.471. The molecule has 1 aliphatic rings. The van der Waals surface area contributed by atoms with Crippen molar-refractivity contribution in [2.24, 2.45) is 10.7 Å². The van der Waals surface area contributed by atoms with Crippen LogP contribution in [0.5, 0.6) is 0 Å². The highest BCUT2D eigenvalue weighted by atomic mass is 127. The topological polar surface area (TPSA) is 50.4 Å². The molecule has 0 amide bonds. The second kappa shape index (κ2) is 8.44. The lowest BCUT2D eigenvalue weighted by Crippen LogP contribution is -2.41. The maximum Gasteiger partial charge on any atom is 0.189 e. The van der Waals surface area contributed by atoms with E-state index >= 15 is 0 Å². The molecule has 0 radical (unpaired) electrons. The SMILES string of the molecule is Cc1ccc(CN=C(N)NC2CCCCC2)cc1F.I. The number of guanidine groups is 1. The van der Waals surface area contributed by atoms with E-state index in [1.807, 2.05) is 6.07 Å². The van der Waals surface area contributed by atoms with Crippen LogP contribution in [0.1, 0.15) is 43.2 Å². The molecule has 0 aliphatic heterocycles. The first-order chi connectivity index (χ1) is 9.15. The Hall–Kier alpha value is -0.850. The van der Waals surface area contributed by atoms with Crippen LogP contribution in [0.4, 0.5) is 4.39 Å². The summed E-state index contributed by atoms with van der Waals surface area (Å²) in [6, 6.07) is 5.63. The first kappa shape index (κ1) is 17.2. The zero-order valence-corrected chi connectivity index (χ0v) is 14.2.